The van der Waals surface area contributed by atoms with Crippen LogP contribution in [0.4, 0.5) is 11.5 Å². The number of nitrogens with zero attached hydrogens (tertiary/aromatic N) is 2. The number of ether oxygens (including phenoxy) is 1. The van der Waals surface area contributed by atoms with Gasteiger partial charge < -0.3 is 19.8 Å². The molecule has 180 valence electrons. The van der Waals surface area contributed by atoms with E-state index in [4.69, 9.17) is 9.15 Å². The van der Waals surface area contributed by atoms with Crippen LogP contribution in [-0.4, -0.2) is 29.0 Å². The molecule has 4 aromatic rings. The molecule has 0 unspecified atom stereocenters. The molecule has 36 heavy (non-hydrogen) atoms. The molecule has 2 aromatic carbocycles. The van der Waals surface area contributed by atoms with Gasteiger partial charge in [0.1, 0.15) is 11.9 Å². The third kappa shape index (κ3) is 5.03. The van der Waals surface area contributed by atoms with E-state index in [0.29, 0.717) is 17.1 Å². The van der Waals surface area contributed by atoms with Crippen molar-refractivity contribution in [2.45, 2.75) is 13.8 Å². The van der Waals surface area contributed by atoms with Crippen LogP contribution in [0, 0.1) is 25.2 Å². The number of carbonyl (C=O) groups excluding carboxylic acids is 3. The minimum Gasteiger partial charge on any atom is -0.459 e. The third-order valence-electron chi connectivity index (χ3n) is 5.56. The Morgan fingerprint density at radius 2 is 1.69 bits per heavy atom. The normalized spacial score (nSPS) is 10.4. The molecule has 0 fully saturated rings. The predicted octanol–water partition coefficient (Wildman–Crippen LogP) is 4.61. The monoisotopic (exact) mass is 482 g/mol. The van der Waals surface area contributed by atoms with Crippen LogP contribution in [0.3, 0.4) is 0 Å². The predicted molar refractivity (Wildman–Crippen MR) is 132 cm³/mol. The zero-order valence-electron chi connectivity index (χ0n) is 19.6. The van der Waals surface area contributed by atoms with Crippen molar-refractivity contribution in [3.05, 3.63) is 101 Å². The van der Waals surface area contributed by atoms with Crippen LogP contribution in [0.5, 0.6) is 0 Å². The van der Waals surface area contributed by atoms with Crippen molar-refractivity contribution in [3.63, 3.8) is 0 Å². The number of hydrogen-bond acceptors (Lipinski definition) is 6. The van der Waals surface area contributed by atoms with Crippen molar-refractivity contribution in [3.8, 4) is 11.8 Å². The van der Waals surface area contributed by atoms with Gasteiger partial charge in [0.2, 0.25) is 0 Å². The van der Waals surface area contributed by atoms with Crippen molar-refractivity contribution in [2.75, 3.05) is 17.2 Å². The van der Waals surface area contributed by atoms with Gasteiger partial charge in [0.05, 0.1) is 17.4 Å². The molecule has 0 saturated heterocycles. The van der Waals surface area contributed by atoms with E-state index < -0.39 is 24.4 Å². The minimum absolute atomic E-state index is 0.160. The zero-order chi connectivity index (χ0) is 25.7. The first kappa shape index (κ1) is 24.0. The van der Waals surface area contributed by atoms with Crippen LogP contribution in [0.15, 0.2) is 77.4 Å². The molecule has 2 aromatic heterocycles. The van der Waals surface area contributed by atoms with Crippen LogP contribution in [0.2, 0.25) is 0 Å². The van der Waals surface area contributed by atoms with E-state index in [-0.39, 0.29) is 11.3 Å². The van der Waals surface area contributed by atoms with Gasteiger partial charge in [-0.3, -0.25) is 14.2 Å². The van der Waals surface area contributed by atoms with E-state index in [2.05, 4.69) is 16.7 Å². The molecule has 9 heteroatoms. The van der Waals surface area contributed by atoms with Gasteiger partial charge in [-0.25, -0.2) is 4.79 Å². The first-order chi connectivity index (χ1) is 17.4. The number of esters is 1. The Kier molecular flexibility index (Phi) is 6.97. The lowest BCUT2D eigenvalue weighted by Gasteiger charge is -2.13. The lowest BCUT2D eigenvalue weighted by atomic mass is 10.2. The fourth-order valence-corrected chi connectivity index (χ4v) is 3.63. The van der Waals surface area contributed by atoms with Gasteiger partial charge in [0.25, 0.3) is 11.8 Å². The summed E-state index contributed by atoms with van der Waals surface area (Å²) in [6.45, 7) is 3.13. The molecule has 0 bridgehead atoms. The van der Waals surface area contributed by atoms with E-state index in [0.717, 1.165) is 16.9 Å². The number of hydrogen-bond donors (Lipinski definition) is 2. The van der Waals surface area contributed by atoms with Crippen molar-refractivity contribution >= 4 is 29.3 Å². The Balaban J connectivity index is 1.40. The molecule has 0 radical (unpaired) electrons. The van der Waals surface area contributed by atoms with Crippen molar-refractivity contribution in [1.29, 1.82) is 5.26 Å². The maximum Gasteiger partial charge on any atom is 0.338 e. The number of benzene rings is 2. The Morgan fingerprint density at radius 1 is 0.972 bits per heavy atom. The van der Waals surface area contributed by atoms with Crippen molar-refractivity contribution in [2.24, 2.45) is 0 Å². The van der Waals surface area contributed by atoms with Gasteiger partial charge in [-0.15, -0.1) is 0 Å². The largest absolute Gasteiger partial charge is 0.459 e. The van der Waals surface area contributed by atoms with Gasteiger partial charge in [-0.1, -0.05) is 18.2 Å². The smallest absolute Gasteiger partial charge is 0.338 e. The SMILES string of the molecule is Cc1c(C#N)c(NC(=O)COC(=O)c2ccc(NC(=O)c3ccco3)cc2)n(-c2ccccc2)c1C. The quantitative estimate of drug-likeness (QED) is 0.371. The molecule has 4 rings (SSSR count). The van der Waals surface area contributed by atoms with Crippen LogP contribution in [0.1, 0.15) is 37.7 Å². The third-order valence-corrected chi connectivity index (χ3v) is 5.56. The molecule has 0 aliphatic rings. The summed E-state index contributed by atoms with van der Waals surface area (Å²) in [7, 11) is 0. The molecule has 0 aliphatic heterocycles. The lowest BCUT2D eigenvalue weighted by Crippen LogP contribution is -2.23. The lowest BCUT2D eigenvalue weighted by molar-refractivity contribution is -0.119. The summed E-state index contributed by atoms with van der Waals surface area (Å²) in [5.74, 6) is -1.24. The van der Waals surface area contributed by atoms with Crippen molar-refractivity contribution < 1.29 is 23.5 Å². The minimum atomic E-state index is -0.708. The number of anilines is 2. The average Bonchev–Trinajstić information content (AvgIpc) is 3.51. The summed E-state index contributed by atoms with van der Waals surface area (Å²) in [5, 5.41) is 15.0. The Labute approximate surface area is 206 Å². The number of aromatic nitrogens is 1. The summed E-state index contributed by atoms with van der Waals surface area (Å²) in [6.07, 6.45) is 1.40. The summed E-state index contributed by atoms with van der Waals surface area (Å²) >= 11 is 0. The second-order valence-corrected chi connectivity index (χ2v) is 7.85. The highest BCUT2D eigenvalue weighted by Crippen LogP contribution is 2.29. The second-order valence-electron chi connectivity index (χ2n) is 7.85. The average molecular weight is 482 g/mol. The molecule has 0 spiro atoms. The van der Waals surface area contributed by atoms with Gasteiger partial charge in [0.15, 0.2) is 12.4 Å². The van der Waals surface area contributed by atoms with Gasteiger partial charge in [-0.05, 0) is 67.9 Å². The van der Waals surface area contributed by atoms with Crippen molar-refractivity contribution in [1.82, 2.24) is 4.57 Å². The van der Waals surface area contributed by atoms with E-state index in [1.54, 1.807) is 10.6 Å². The summed E-state index contributed by atoms with van der Waals surface area (Å²) in [4.78, 5) is 37.1. The number of para-hydroxylation sites is 1. The van der Waals surface area contributed by atoms with Gasteiger partial charge in [0, 0.05) is 17.1 Å². The molecule has 2 amide bonds. The molecular weight excluding hydrogens is 460 g/mol. The van der Waals surface area contributed by atoms with Gasteiger partial charge >= 0.3 is 5.97 Å². The van der Waals surface area contributed by atoms with Crippen LogP contribution in [-0.2, 0) is 9.53 Å². The highest BCUT2D eigenvalue weighted by molar-refractivity contribution is 6.02. The Morgan fingerprint density at radius 3 is 2.33 bits per heavy atom. The molecule has 9 nitrogen and oxygen atoms in total. The number of furan rings is 1. The number of rotatable bonds is 7. The maximum absolute atomic E-state index is 12.6. The molecule has 2 heterocycles. The molecule has 0 atom stereocenters. The van der Waals surface area contributed by atoms with Crippen LogP contribution >= 0.6 is 0 Å². The second kappa shape index (κ2) is 10.4. The van der Waals surface area contributed by atoms with Crippen LogP contribution < -0.4 is 10.6 Å². The highest BCUT2D eigenvalue weighted by Gasteiger charge is 2.21. The highest BCUT2D eigenvalue weighted by atomic mass is 16.5. The summed E-state index contributed by atoms with van der Waals surface area (Å²) in [6, 6.07) is 20.6. The summed E-state index contributed by atoms with van der Waals surface area (Å²) in [5.41, 5.74) is 3.34. The molecular formula is C27H22N4O5. The molecule has 2 N–H and O–H groups in total. The standard InChI is InChI=1S/C27H22N4O5/c1-17-18(2)31(21-7-4-3-5-8-21)25(22(17)15-28)30-24(32)16-36-27(34)19-10-12-20(13-11-19)29-26(33)23-9-6-14-35-23/h3-14H,16H2,1-2H3,(H,29,33)(H,30,32). The number of nitriles is 1. The Bertz CT molecular complexity index is 1450. The molecule has 0 aliphatic carbocycles. The fraction of sp³-hybridized carbons (Fsp3) is 0.111. The van der Waals surface area contributed by atoms with E-state index in [1.807, 2.05) is 44.2 Å². The summed E-state index contributed by atoms with van der Waals surface area (Å²) < 4.78 is 12.0. The topological polar surface area (TPSA) is 126 Å². The number of carbonyl (C=O) groups is 3. The first-order valence-corrected chi connectivity index (χ1v) is 11.0. The molecule has 0 saturated carbocycles. The first-order valence-electron chi connectivity index (χ1n) is 11.0. The van der Waals surface area contributed by atoms with E-state index >= 15 is 0 Å². The van der Waals surface area contributed by atoms with Crippen LogP contribution in [0.25, 0.3) is 5.69 Å². The maximum atomic E-state index is 12.6. The fourth-order valence-electron chi connectivity index (χ4n) is 3.63. The number of nitrogens with one attached hydrogen (secondary N) is 2. The Hall–Kier alpha value is -5.10. The number of amides is 2. The van der Waals surface area contributed by atoms with Gasteiger partial charge in [-0.2, -0.15) is 5.26 Å². The zero-order valence-corrected chi connectivity index (χ0v) is 19.6. The van der Waals surface area contributed by atoms with E-state index in [9.17, 15) is 19.6 Å². The van der Waals surface area contributed by atoms with E-state index in [1.165, 1.54) is 36.6 Å².